The number of piperidine rings is 1. The van der Waals surface area contributed by atoms with Crippen molar-refractivity contribution in [1.29, 1.82) is 0 Å². The summed E-state index contributed by atoms with van der Waals surface area (Å²) in [6.07, 6.45) is 3.53. The third-order valence-corrected chi connectivity index (χ3v) is 6.19. The number of hydrogen-bond acceptors (Lipinski definition) is 4. The first-order valence-corrected chi connectivity index (χ1v) is 11.1. The van der Waals surface area contributed by atoms with Gasteiger partial charge in [-0.1, -0.05) is 36.2 Å². The Balaban J connectivity index is 1.57. The third-order valence-electron chi connectivity index (χ3n) is 5.94. The monoisotopic (exact) mass is 438 g/mol. The number of aryl methyl sites for hydroxylation is 2. The highest BCUT2D eigenvalue weighted by molar-refractivity contribution is 6.30. The Morgan fingerprint density at radius 1 is 1.10 bits per heavy atom. The average Bonchev–Trinajstić information content (AvgIpc) is 2.75. The van der Waals surface area contributed by atoms with Crippen molar-refractivity contribution in [3.63, 3.8) is 0 Å². The van der Waals surface area contributed by atoms with E-state index in [-0.39, 0.29) is 23.1 Å². The molecule has 1 unspecified atom stereocenters. The molecule has 1 N–H and O–H groups in total. The van der Waals surface area contributed by atoms with Crippen LogP contribution < -0.4 is 10.7 Å². The fraction of sp³-hybridized carbons (Fsp3) is 0.360. The Labute approximate surface area is 187 Å². The number of carbonyl (C=O) groups excluding carboxylic acids is 1. The molecule has 2 aromatic carbocycles. The van der Waals surface area contributed by atoms with E-state index in [0.29, 0.717) is 22.5 Å². The van der Waals surface area contributed by atoms with Crippen LogP contribution in [0.15, 0.2) is 51.7 Å². The number of halogens is 1. The summed E-state index contributed by atoms with van der Waals surface area (Å²) >= 11 is 6.07. The van der Waals surface area contributed by atoms with Gasteiger partial charge in [-0.15, -0.1) is 0 Å². The minimum absolute atomic E-state index is 0.0380. The molecule has 1 amide bonds. The zero-order chi connectivity index (χ0) is 22.0. The van der Waals surface area contributed by atoms with Gasteiger partial charge >= 0.3 is 0 Å². The Morgan fingerprint density at radius 3 is 2.52 bits per heavy atom. The molecule has 4 rings (SSSR count). The standard InChI is InChI=1S/C25H27ClN2O3/c1-16-12-17(2)24-21(29)14-23(31-22(24)13-16)25(30)27-15-20(28-10-4-3-5-11-28)18-6-8-19(26)9-7-18/h6-9,12-14,20H,3-5,10-11,15H2,1-2H3,(H,27,30). The molecule has 1 atom stereocenters. The topological polar surface area (TPSA) is 62.6 Å². The molecule has 162 valence electrons. The maximum absolute atomic E-state index is 12.9. The quantitative estimate of drug-likeness (QED) is 0.607. The molecule has 1 fully saturated rings. The molecule has 1 saturated heterocycles. The molecule has 0 spiro atoms. The first kappa shape index (κ1) is 21.6. The maximum atomic E-state index is 12.9. The van der Waals surface area contributed by atoms with Gasteiger partial charge in [-0.05, 0) is 74.7 Å². The zero-order valence-electron chi connectivity index (χ0n) is 17.9. The van der Waals surface area contributed by atoms with E-state index in [0.717, 1.165) is 42.6 Å². The Bertz CT molecular complexity index is 1150. The van der Waals surface area contributed by atoms with E-state index in [1.807, 2.05) is 44.2 Å². The van der Waals surface area contributed by atoms with Crippen LogP contribution in [0.4, 0.5) is 0 Å². The third kappa shape index (κ3) is 4.83. The van der Waals surface area contributed by atoms with Crippen molar-refractivity contribution < 1.29 is 9.21 Å². The number of fused-ring (bicyclic) bond motifs is 1. The van der Waals surface area contributed by atoms with Crippen molar-refractivity contribution >= 4 is 28.5 Å². The Kier molecular flexibility index (Phi) is 6.44. The highest BCUT2D eigenvalue weighted by Gasteiger charge is 2.24. The van der Waals surface area contributed by atoms with Gasteiger partial charge in [0.1, 0.15) is 5.58 Å². The van der Waals surface area contributed by atoms with Gasteiger partial charge in [0.2, 0.25) is 0 Å². The van der Waals surface area contributed by atoms with Crippen LogP contribution in [-0.4, -0.2) is 30.4 Å². The van der Waals surface area contributed by atoms with Crippen molar-refractivity contribution in [3.05, 3.63) is 80.2 Å². The molecule has 5 nitrogen and oxygen atoms in total. The van der Waals surface area contributed by atoms with E-state index < -0.39 is 0 Å². The van der Waals surface area contributed by atoms with Crippen LogP contribution in [0.3, 0.4) is 0 Å². The molecule has 2 heterocycles. The van der Waals surface area contributed by atoms with Gasteiger partial charge in [0, 0.05) is 17.6 Å². The largest absolute Gasteiger partial charge is 0.451 e. The van der Waals surface area contributed by atoms with E-state index in [9.17, 15) is 9.59 Å². The fourth-order valence-electron chi connectivity index (χ4n) is 4.43. The number of benzene rings is 2. The minimum Gasteiger partial charge on any atom is -0.451 e. The molecule has 6 heteroatoms. The first-order chi connectivity index (χ1) is 14.9. The normalized spacial score (nSPS) is 15.7. The number of nitrogens with one attached hydrogen (secondary N) is 1. The highest BCUT2D eigenvalue weighted by Crippen LogP contribution is 2.26. The van der Waals surface area contributed by atoms with E-state index in [1.165, 1.54) is 12.5 Å². The Hall–Kier alpha value is -2.63. The predicted molar refractivity (Wildman–Crippen MR) is 124 cm³/mol. The molecule has 1 aromatic heterocycles. The van der Waals surface area contributed by atoms with Gasteiger partial charge in [-0.2, -0.15) is 0 Å². The van der Waals surface area contributed by atoms with Gasteiger partial charge in [-0.25, -0.2) is 0 Å². The van der Waals surface area contributed by atoms with Crippen LogP contribution in [0.25, 0.3) is 11.0 Å². The summed E-state index contributed by atoms with van der Waals surface area (Å²) in [4.78, 5) is 27.9. The summed E-state index contributed by atoms with van der Waals surface area (Å²) in [5.41, 5.74) is 3.19. The van der Waals surface area contributed by atoms with Gasteiger partial charge in [0.05, 0.1) is 11.4 Å². The molecule has 31 heavy (non-hydrogen) atoms. The number of rotatable bonds is 5. The maximum Gasteiger partial charge on any atom is 0.287 e. The van der Waals surface area contributed by atoms with E-state index >= 15 is 0 Å². The summed E-state index contributed by atoms with van der Waals surface area (Å²) in [7, 11) is 0. The van der Waals surface area contributed by atoms with E-state index in [1.54, 1.807) is 6.07 Å². The Morgan fingerprint density at radius 2 is 1.81 bits per heavy atom. The van der Waals surface area contributed by atoms with Gasteiger partial charge in [0.25, 0.3) is 5.91 Å². The summed E-state index contributed by atoms with van der Waals surface area (Å²) in [5.74, 6) is -0.342. The second-order valence-electron chi connectivity index (χ2n) is 8.30. The van der Waals surface area contributed by atoms with Crippen LogP contribution in [0, 0.1) is 13.8 Å². The smallest absolute Gasteiger partial charge is 0.287 e. The van der Waals surface area contributed by atoms with Gasteiger partial charge in [0.15, 0.2) is 11.2 Å². The molecule has 1 aliphatic rings. The summed E-state index contributed by atoms with van der Waals surface area (Å²) < 4.78 is 5.82. The lowest BCUT2D eigenvalue weighted by atomic mass is 10.0. The van der Waals surface area contributed by atoms with Gasteiger partial charge < -0.3 is 9.73 Å². The number of nitrogens with zero attached hydrogens (tertiary/aromatic N) is 1. The zero-order valence-corrected chi connectivity index (χ0v) is 18.7. The number of likely N-dealkylation sites (tertiary alicyclic amines) is 1. The average molecular weight is 439 g/mol. The summed E-state index contributed by atoms with van der Waals surface area (Å²) in [5, 5.41) is 4.20. The van der Waals surface area contributed by atoms with Crippen LogP contribution >= 0.6 is 11.6 Å². The number of amides is 1. The van der Waals surface area contributed by atoms with Crippen molar-refractivity contribution in [1.82, 2.24) is 10.2 Å². The van der Waals surface area contributed by atoms with E-state index in [4.69, 9.17) is 16.0 Å². The molecule has 1 aliphatic heterocycles. The lowest BCUT2D eigenvalue weighted by molar-refractivity contribution is 0.0897. The molecule has 3 aromatic rings. The molecule has 0 saturated carbocycles. The summed E-state index contributed by atoms with van der Waals surface area (Å²) in [6, 6.07) is 12.8. The molecular formula is C25H27ClN2O3. The molecule has 0 aliphatic carbocycles. The molecule has 0 radical (unpaired) electrons. The van der Waals surface area contributed by atoms with Crippen molar-refractivity contribution in [2.24, 2.45) is 0 Å². The van der Waals surface area contributed by atoms with Crippen molar-refractivity contribution in [2.75, 3.05) is 19.6 Å². The van der Waals surface area contributed by atoms with Crippen LogP contribution in [0.5, 0.6) is 0 Å². The minimum atomic E-state index is -0.380. The van der Waals surface area contributed by atoms with Crippen LogP contribution in [-0.2, 0) is 0 Å². The van der Waals surface area contributed by atoms with Crippen molar-refractivity contribution in [3.8, 4) is 0 Å². The SMILES string of the molecule is Cc1cc(C)c2c(=O)cc(C(=O)NCC(c3ccc(Cl)cc3)N3CCCCC3)oc2c1. The van der Waals surface area contributed by atoms with E-state index in [2.05, 4.69) is 10.2 Å². The first-order valence-electron chi connectivity index (χ1n) is 10.8. The van der Waals surface area contributed by atoms with Gasteiger partial charge in [-0.3, -0.25) is 14.5 Å². The number of hydrogen-bond donors (Lipinski definition) is 1. The number of carbonyl (C=O) groups is 1. The molecular weight excluding hydrogens is 412 g/mol. The second kappa shape index (κ2) is 9.25. The second-order valence-corrected chi connectivity index (χ2v) is 8.74. The summed E-state index contributed by atoms with van der Waals surface area (Å²) in [6.45, 7) is 6.23. The van der Waals surface area contributed by atoms with Crippen molar-refractivity contribution in [2.45, 2.75) is 39.2 Å². The van der Waals surface area contributed by atoms with Crippen LogP contribution in [0.2, 0.25) is 5.02 Å². The van der Waals surface area contributed by atoms with Crippen LogP contribution in [0.1, 0.15) is 52.5 Å². The molecule has 0 bridgehead atoms. The highest BCUT2D eigenvalue weighted by atomic mass is 35.5. The fourth-order valence-corrected chi connectivity index (χ4v) is 4.55. The predicted octanol–water partition coefficient (Wildman–Crippen LogP) is 5.02. The lowest BCUT2D eigenvalue weighted by Crippen LogP contribution is -2.40. The lowest BCUT2D eigenvalue weighted by Gasteiger charge is -2.35.